The lowest BCUT2D eigenvalue weighted by Crippen LogP contribution is -2.48. The second-order valence-corrected chi connectivity index (χ2v) is 9.86. The molecule has 1 aliphatic heterocycles. The second-order valence-electron chi connectivity index (χ2n) is 8.85. The van der Waals surface area contributed by atoms with E-state index in [4.69, 9.17) is 4.74 Å². The molecule has 0 fully saturated rings. The molecular formula is C28H34N2O3S. The Bertz CT molecular complexity index is 1020. The lowest BCUT2D eigenvalue weighted by Gasteiger charge is -2.37. The summed E-state index contributed by atoms with van der Waals surface area (Å²) >= 11 is 1.76. The predicted octanol–water partition coefficient (Wildman–Crippen LogP) is 4.57. The fourth-order valence-electron chi connectivity index (χ4n) is 4.65. The van der Waals surface area contributed by atoms with Gasteiger partial charge < -0.3 is 14.7 Å². The number of amides is 1. The first kappa shape index (κ1) is 24.5. The predicted molar refractivity (Wildman–Crippen MR) is 137 cm³/mol. The summed E-state index contributed by atoms with van der Waals surface area (Å²) in [6.07, 6.45) is 1.89. The van der Waals surface area contributed by atoms with Crippen LogP contribution in [0.2, 0.25) is 0 Å². The molecule has 180 valence electrons. The fourth-order valence-corrected chi connectivity index (χ4v) is 5.58. The van der Waals surface area contributed by atoms with E-state index >= 15 is 0 Å². The average Bonchev–Trinajstić information content (AvgIpc) is 3.33. The Morgan fingerprint density at radius 3 is 2.62 bits per heavy atom. The van der Waals surface area contributed by atoms with Gasteiger partial charge in [-0.2, -0.15) is 0 Å². The number of hydrogen-bond donors (Lipinski definition) is 1. The van der Waals surface area contributed by atoms with E-state index in [0.717, 1.165) is 30.7 Å². The third-order valence-corrected chi connectivity index (χ3v) is 7.24. The zero-order valence-electron chi connectivity index (χ0n) is 19.8. The number of para-hydroxylation sites is 1. The SMILES string of the molecule is CCCN(CC(=O)N1CCc2sccc2[C@H]1COc1ccccc1)C[C@@H](O)Cc1ccccc1. The number of nitrogens with zero attached hydrogens (tertiary/aromatic N) is 2. The number of aliphatic hydroxyl groups is 1. The highest BCUT2D eigenvalue weighted by atomic mass is 32.1. The molecule has 0 saturated carbocycles. The van der Waals surface area contributed by atoms with Crippen LogP contribution in [-0.2, 0) is 17.6 Å². The number of ether oxygens (including phenoxy) is 1. The minimum atomic E-state index is -0.510. The molecule has 2 heterocycles. The van der Waals surface area contributed by atoms with Gasteiger partial charge in [-0.15, -0.1) is 11.3 Å². The lowest BCUT2D eigenvalue weighted by atomic mass is 10.00. The molecule has 5 nitrogen and oxygen atoms in total. The van der Waals surface area contributed by atoms with Crippen molar-refractivity contribution in [1.82, 2.24) is 9.80 Å². The summed E-state index contributed by atoms with van der Waals surface area (Å²) in [5.41, 5.74) is 2.31. The number of thiophene rings is 1. The molecule has 0 aliphatic carbocycles. The van der Waals surface area contributed by atoms with E-state index in [0.29, 0.717) is 32.7 Å². The molecule has 0 unspecified atom stereocenters. The zero-order valence-corrected chi connectivity index (χ0v) is 20.6. The van der Waals surface area contributed by atoms with Gasteiger partial charge in [-0.3, -0.25) is 9.69 Å². The van der Waals surface area contributed by atoms with E-state index in [1.165, 1.54) is 10.4 Å². The number of rotatable bonds is 11. The van der Waals surface area contributed by atoms with E-state index in [9.17, 15) is 9.90 Å². The van der Waals surface area contributed by atoms with Gasteiger partial charge in [0.15, 0.2) is 0 Å². The Balaban J connectivity index is 1.41. The van der Waals surface area contributed by atoms with E-state index in [2.05, 4.69) is 23.3 Å². The van der Waals surface area contributed by atoms with E-state index < -0.39 is 6.10 Å². The van der Waals surface area contributed by atoms with Crippen molar-refractivity contribution in [3.63, 3.8) is 0 Å². The Labute approximate surface area is 206 Å². The molecule has 0 radical (unpaired) electrons. The summed E-state index contributed by atoms with van der Waals surface area (Å²) in [7, 11) is 0. The maximum Gasteiger partial charge on any atom is 0.237 e. The third kappa shape index (κ3) is 6.47. The topological polar surface area (TPSA) is 53.0 Å². The molecule has 34 heavy (non-hydrogen) atoms. The summed E-state index contributed by atoms with van der Waals surface area (Å²) in [4.78, 5) is 18.9. The average molecular weight is 479 g/mol. The first-order chi connectivity index (χ1) is 16.6. The van der Waals surface area contributed by atoms with Gasteiger partial charge in [0.05, 0.1) is 18.7 Å². The van der Waals surface area contributed by atoms with Gasteiger partial charge in [0.2, 0.25) is 5.91 Å². The summed E-state index contributed by atoms with van der Waals surface area (Å²) in [5, 5.41) is 12.8. The third-order valence-electron chi connectivity index (χ3n) is 6.25. The summed E-state index contributed by atoms with van der Waals surface area (Å²) < 4.78 is 6.09. The monoisotopic (exact) mass is 478 g/mol. The number of benzene rings is 2. The van der Waals surface area contributed by atoms with E-state index in [1.807, 2.05) is 65.6 Å². The Kier molecular flexibility index (Phi) is 8.74. The smallest absolute Gasteiger partial charge is 0.237 e. The minimum absolute atomic E-state index is 0.0962. The molecule has 1 aliphatic rings. The second kappa shape index (κ2) is 12.2. The van der Waals surface area contributed by atoms with Crippen molar-refractivity contribution in [3.05, 3.63) is 88.1 Å². The van der Waals surface area contributed by atoms with E-state index in [-0.39, 0.29) is 11.9 Å². The van der Waals surface area contributed by atoms with E-state index in [1.54, 1.807) is 11.3 Å². The molecule has 0 saturated heterocycles. The van der Waals surface area contributed by atoms with Crippen molar-refractivity contribution in [2.75, 3.05) is 32.8 Å². The van der Waals surface area contributed by atoms with Crippen LogP contribution in [0.3, 0.4) is 0 Å². The largest absolute Gasteiger partial charge is 0.491 e. The first-order valence-electron chi connectivity index (χ1n) is 12.1. The molecule has 6 heteroatoms. The molecule has 0 bridgehead atoms. The number of carbonyl (C=O) groups excluding carboxylic acids is 1. The van der Waals surface area contributed by atoms with Crippen LogP contribution in [0, 0.1) is 0 Å². The van der Waals surface area contributed by atoms with Gasteiger partial charge in [-0.05, 0) is 60.5 Å². The molecule has 3 aromatic rings. The molecule has 0 spiro atoms. The lowest BCUT2D eigenvalue weighted by molar-refractivity contribution is -0.136. The van der Waals surface area contributed by atoms with Crippen molar-refractivity contribution in [3.8, 4) is 5.75 Å². The van der Waals surface area contributed by atoms with Crippen LogP contribution >= 0.6 is 11.3 Å². The Morgan fingerprint density at radius 1 is 1.15 bits per heavy atom. The molecule has 1 aromatic heterocycles. The summed E-state index contributed by atoms with van der Waals surface area (Å²) in [6.45, 7) is 4.81. The minimum Gasteiger partial charge on any atom is -0.491 e. The van der Waals surface area contributed by atoms with Crippen LogP contribution in [0.15, 0.2) is 72.1 Å². The molecule has 4 rings (SSSR count). The van der Waals surface area contributed by atoms with Crippen molar-refractivity contribution >= 4 is 17.2 Å². The fraction of sp³-hybridized carbons (Fsp3) is 0.393. The van der Waals surface area contributed by atoms with Crippen LogP contribution in [-0.4, -0.2) is 59.7 Å². The number of aliphatic hydroxyl groups excluding tert-OH is 1. The highest BCUT2D eigenvalue weighted by Gasteiger charge is 2.33. The zero-order chi connectivity index (χ0) is 23.8. The molecular weight excluding hydrogens is 444 g/mol. The van der Waals surface area contributed by atoms with Crippen molar-refractivity contribution < 1.29 is 14.6 Å². The van der Waals surface area contributed by atoms with Crippen LogP contribution < -0.4 is 4.74 Å². The maximum atomic E-state index is 13.5. The van der Waals surface area contributed by atoms with Crippen LogP contribution in [0.5, 0.6) is 5.75 Å². The van der Waals surface area contributed by atoms with Crippen LogP contribution in [0.1, 0.15) is 35.4 Å². The van der Waals surface area contributed by atoms with Crippen molar-refractivity contribution in [2.24, 2.45) is 0 Å². The highest BCUT2D eigenvalue weighted by molar-refractivity contribution is 7.10. The summed E-state index contributed by atoms with van der Waals surface area (Å²) in [6, 6.07) is 21.8. The number of fused-ring (bicyclic) bond motifs is 1. The van der Waals surface area contributed by atoms with Gasteiger partial charge in [0.1, 0.15) is 12.4 Å². The summed E-state index contributed by atoms with van der Waals surface area (Å²) in [5.74, 6) is 0.910. The molecule has 1 amide bonds. The molecule has 2 aromatic carbocycles. The van der Waals surface area contributed by atoms with Gasteiger partial charge in [0, 0.05) is 18.0 Å². The Hall–Kier alpha value is -2.67. The van der Waals surface area contributed by atoms with Crippen molar-refractivity contribution in [2.45, 2.75) is 38.3 Å². The number of hydrogen-bond acceptors (Lipinski definition) is 5. The highest BCUT2D eigenvalue weighted by Crippen LogP contribution is 2.34. The first-order valence-corrected chi connectivity index (χ1v) is 13.0. The van der Waals surface area contributed by atoms with Crippen LogP contribution in [0.25, 0.3) is 0 Å². The quantitative estimate of drug-likeness (QED) is 0.439. The van der Waals surface area contributed by atoms with Gasteiger partial charge in [-0.25, -0.2) is 0 Å². The van der Waals surface area contributed by atoms with Gasteiger partial charge in [0.25, 0.3) is 0 Å². The maximum absolute atomic E-state index is 13.5. The van der Waals surface area contributed by atoms with Gasteiger partial charge >= 0.3 is 0 Å². The standard InChI is InChI=1S/C28H34N2O3S/c1-2-15-29(19-23(31)18-22-9-5-3-6-10-22)20-28(32)30-16-13-27-25(14-17-34-27)26(30)21-33-24-11-7-4-8-12-24/h3-12,14,17,23,26,31H,2,13,15-16,18-21H2,1H3/t23-,26+/m0/s1. The van der Waals surface area contributed by atoms with Crippen LogP contribution in [0.4, 0.5) is 0 Å². The number of carbonyl (C=O) groups is 1. The Morgan fingerprint density at radius 2 is 1.88 bits per heavy atom. The normalized spacial score (nSPS) is 16.3. The molecule has 1 N–H and O–H groups in total. The molecule has 2 atom stereocenters. The van der Waals surface area contributed by atoms with Gasteiger partial charge in [-0.1, -0.05) is 55.5 Å². The van der Waals surface area contributed by atoms with Crippen molar-refractivity contribution in [1.29, 1.82) is 0 Å².